The number of thiophene rings is 1. The summed E-state index contributed by atoms with van der Waals surface area (Å²) in [4.78, 5) is 5.12. The monoisotopic (exact) mass is 411 g/mol. The van der Waals surface area contributed by atoms with Crippen LogP contribution in [-0.2, 0) is 6.42 Å². The third-order valence-electron chi connectivity index (χ3n) is 4.22. The van der Waals surface area contributed by atoms with E-state index in [1.807, 2.05) is 5.38 Å². The van der Waals surface area contributed by atoms with Gasteiger partial charge in [0, 0.05) is 10.9 Å². The van der Waals surface area contributed by atoms with Crippen molar-refractivity contribution in [2.75, 3.05) is 7.11 Å². The number of allylic oxidation sites excluding steroid dienone is 2. The number of pyridine rings is 1. The summed E-state index contributed by atoms with van der Waals surface area (Å²) in [6.07, 6.45) is 1.40. The van der Waals surface area contributed by atoms with E-state index in [1.54, 1.807) is 23.5 Å². The molecule has 0 saturated carbocycles. The number of nitrogens with zero attached hydrogens (tertiary/aromatic N) is 1. The Hall–Kier alpha value is -2.35. The highest BCUT2D eigenvalue weighted by atomic mass is 32.1. The van der Waals surface area contributed by atoms with Crippen molar-refractivity contribution >= 4 is 17.0 Å². The van der Waals surface area contributed by atoms with Gasteiger partial charge in [-0.25, -0.2) is 4.98 Å². The van der Waals surface area contributed by atoms with E-state index in [9.17, 15) is 13.2 Å². The fraction of sp³-hybridized carbons (Fsp3) is 0.400. The van der Waals surface area contributed by atoms with E-state index in [2.05, 4.69) is 18.0 Å². The van der Waals surface area contributed by atoms with Crippen LogP contribution in [0.4, 0.5) is 13.2 Å². The van der Waals surface area contributed by atoms with Crippen molar-refractivity contribution in [2.24, 2.45) is 5.73 Å². The van der Waals surface area contributed by atoms with Crippen LogP contribution in [0.1, 0.15) is 43.9 Å². The summed E-state index contributed by atoms with van der Waals surface area (Å²) < 4.78 is 43.2. The van der Waals surface area contributed by atoms with E-state index >= 15 is 0 Å². The smallest absolute Gasteiger partial charge is 0.430 e. The van der Waals surface area contributed by atoms with Gasteiger partial charge in [-0.3, -0.25) is 5.41 Å². The second-order valence-electron chi connectivity index (χ2n) is 6.38. The zero-order chi connectivity index (χ0) is 20.7. The minimum absolute atomic E-state index is 0.0758. The Bertz CT molecular complexity index is 843. The summed E-state index contributed by atoms with van der Waals surface area (Å²) in [6.45, 7) is 2.16. The van der Waals surface area contributed by atoms with Crippen LogP contribution in [0.25, 0.3) is 10.4 Å². The van der Waals surface area contributed by atoms with Crippen molar-refractivity contribution in [3.8, 4) is 16.3 Å². The number of nitrogens with two attached hydrogens (primary N) is 1. The van der Waals surface area contributed by atoms with E-state index in [4.69, 9.17) is 15.9 Å². The Labute approximate surface area is 166 Å². The number of halogens is 3. The molecule has 0 atom stereocenters. The maximum Gasteiger partial charge on any atom is 0.430 e. The third kappa shape index (κ3) is 5.82. The number of methoxy groups -OCH3 is 1. The maximum absolute atomic E-state index is 12.7. The maximum atomic E-state index is 12.7. The van der Waals surface area contributed by atoms with Gasteiger partial charge in [0.15, 0.2) is 0 Å². The first-order valence-corrected chi connectivity index (χ1v) is 9.90. The zero-order valence-electron chi connectivity index (χ0n) is 15.9. The van der Waals surface area contributed by atoms with E-state index in [0.717, 1.165) is 36.1 Å². The molecule has 0 aliphatic heterocycles. The molecule has 0 unspecified atom stereocenters. The molecule has 0 fully saturated rings. The van der Waals surface area contributed by atoms with Gasteiger partial charge in [0.2, 0.25) is 5.88 Å². The molecule has 0 amide bonds. The molecule has 0 bridgehead atoms. The molecule has 2 heterocycles. The standard InChI is InChI=1S/C20H24F3N3OS/c1-3-4-5-6-7-13-8-9-28-19(13)14-10-16(26-18(11-14)27-2)15(24)12-17(25)20(21,22)23/h8-12,24H,3-7,25H2,1-2H3. The lowest BCUT2D eigenvalue weighted by atomic mass is 10.0. The van der Waals surface area contributed by atoms with Crippen molar-refractivity contribution in [3.63, 3.8) is 0 Å². The van der Waals surface area contributed by atoms with Gasteiger partial charge in [0.05, 0.1) is 18.5 Å². The highest BCUT2D eigenvalue weighted by Gasteiger charge is 2.31. The van der Waals surface area contributed by atoms with E-state index in [-0.39, 0.29) is 11.6 Å². The average molecular weight is 411 g/mol. The van der Waals surface area contributed by atoms with Crippen molar-refractivity contribution in [3.05, 3.63) is 46.6 Å². The summed E-state index contributed by atoms with van der Waals surface area (Å²) in [5.74, 6) is 0.238. The minimum Gasteiger partial charge on any atom is -0.481 e. The molecule has 8 heteroatoms. The zero-order valence-corrected chi connectivity index (χ0v) is 16.7. The quantitative estimate of drug-likeness (QED) is 0.410. The molecule has 4 nitrogen and oxygen atoms in total. The Morgan fingerprint density at radius 1 is 1.29 bits per heavy atom. The SMILES string of the molecule is CCCCCCc1ccsc1-c1cc(OC)nc(C(=N)C=C(N)C(F)(F)F)c1. The number of ether oxygens (including phenoxy) is 1. The molecule has 152 valence electrons. The molecule has 28 heavy (non-hydrogen) atoms. The fourth-order valence-electron chi connectivity index (χ4n) is 2.72. The molecule has 0 aliphatic carbocycles. The van der Waals surface area contributed by atoms with Gasteiger partial charge >= 0.3 is 6.18 Å². The van der Waals surface area contributed by atoms with E-state index < -0.39 is 17.6 Å². The van der Waals surface area contributed by atoms with Crippen LogP contribution in [0.3, 0.4) is 0 Å². The highest BCUT2D eigenvalue weighted by Crippen LogP contribution is 2.33. The number of hydrogen-bond acceptors (Lipinski definition) is 5. The predicted octanol–water partition coefficient (Wildman–Crippen LogP) is 5.71. The highest BCUT2D eigenvalue weighted by molar-refractivity contribution is 7.13. The molecule has 0 spiro atoms. The first kappa shape index (κ1) is 21.9. The summed E-state index contributed by atoms with van der Waals surface area (Å²) in [6, 6.07) is 5.40. The van der Waals surface area contributed by atoms with Crippen LogP contribution in [-0.4, -0.2) is 24.0 Å². The largest absolute Gasteiger partial charge is 0.481 e. The van der Waals surface area contributed by atoms with Crippen LogP contribution in [0.2, 0.25) is 0 Å². The molecule has 0 aliphatic rings. The van der Waals surface area contributed by atoms with Crippen molar-refractivity contribution in [1.29, 1.82) is 5.41 Å². The molecule has 2 rings (SSSR count). The van der Waals surface area contributed by atoms with Gasteiger partial charge in [0.25, 0.3) is 0 Å². The summed E-state index contributed by atoms with van der Waals surface area (Å²) in [5, 5.41) is 9.96. The van der Waals surface area contributed by atoms with Crippen LogP contribution in [0.5, 0.6) is 5.88 Å². The first-order chi connectivity index (χ1) is 13.3. The molecule has 0 saturated heterocycles. The molecular formula is C20H24F3N3OS. The van der Waals surface area contributed by atoms with Crippen LogP contribution in [0.15, 0.2) is 35.4 Å². The Balaban J connectivity index is 2.34. The van der Waals surface area contributed by atoms with Crippen LogP contribution >= 0.6 is 11.3 Å². The van der Waals surface area contributed by atoms with Crippen LogP contribution < -0.4 is 10.5 Å². The molecule has 2 aromatic rings. The summed E-state index contributed by atoms with van der Waals surface area (Å²) in [5.41, 5.74) is 5.30. The lowest BCUT2D eigenvalue weighted by Crippen LogP contribution is -2.21. The van der Waals surface area contributed by atoms with Gasteiger partial charge in [-0.1, -0.05) is 26.2 Å². The number of aryl methyl sites for hydroxylation is 1. The van der Waals surface area contributed by atoms with Crippen molar-refractivity contribution in [1.82, 2.24) is 4.98 Å². The first-order valence-electron chi connectivity index (χ1n) is 9.02. The molecule has 2 aromatic heterocycles. The lowest BCUT2D eigenvalue weighted by molar-refractivity contribution is -0.0925. The van der Waals surface area contributed by atoms with Crippen molar-refractivity contribution in [2.45, 2.75) is 45.2 Å². The molecule has 0 radical (unpaired) electrons. The number of hydrogen-bond donors (Lipinski definition) is 2. The van der Waals surface area contributed by atoms with Gasteiger partial charge in [-0.15, -0.1) is 11.3 Å². The molecule has 3 N–H and O–H groups in total. The van der Waals surface area contributed by atoms with Gasteiger partial charge < -0.3 is 10.5 Å². The summed E-state index contributed by atoms with van der Waals surface area (Å²) >= 11 is 1.55. The Kier molecular flexibility index (Phi) is 7.62. The second-order valence-corrected chi connectivity index (χ2v) is 7.30. The minimum atomic E-state index is -4.69. The molecule has 0 aromatic carbocycles. The number of rotatable bonds is 9. The van der Waals surface area contributed by atoms with E-state index in [1.165, 1.54) is 19.1 Å². The number of unbranched alkanes of at least 4 members (excludes halogenated alkanes) is 3. The predicted molar refractivity (Wildman–Crippen MR) is 107 cm³/mol. The third-order valence-corrected chi connectivity index (χ3v) is 5.23. The lowest BCUT2D eigenvalue weighted by Gasteiger charge is -2.10. The van der Waals surface area contributed by atoms with Gasteiger partial charge in [-0.2, -0.15) is 13.2 Å². The number of nitrogens with one attached hydrogen (secondary N) is 1. The van der Waals surface area contributed by atoms with Gasteiger partial charge in [0.1, 0.15) is 5.70 Å². The molecular weight excluding hydrogens is 387 g/mol. The second kappa shape index (κ2) is 9.73. The fourth-order valence-corrected chi connectivity index (χ4v) is 3.66. The number of aromatic nitrogens is 1. The number of alkyl halides is 3. The van der Waals surface area contributed by atoms with Gasteiger partial charge in [-0.05, 0) is 47.6 Å². The Morgan fingerprint density at radius 2 is 2.04 bits per heavy atom. The Morgan fingerprint density at radius 3 is 2.68 bits per heavy atom. The van der Waals surface area contributed by atoms with Crippen molar-refractivity contribution < 1.29 is 17.9 Å². The van der Waals surface area contributed by atoms with E-state index in [0.29, 0.717) is 6.08 Å². The topological polar surface area (TPSA) is 72.0 Å². The summed E-state index contributed by atoms with van der Waals surface area (Å²) in [7, 11) is 1.43. The van der Waals surface area contributed by atoms with Crippen LogP contribution in [0, 0.1) is 5.41 Å². The normalized spacial score (nSPS) is 12.2. The average Bonchev–Trinajstić information content (AvgIpc) is 3.12.